The van der Waals surface area contributed by atoms with Crippen molar-refractivity contribution in [2.45, 2.75) is 38.0 Å². The normalized spacial score (nSPS) is 17.6. The van der Waals surface area contributed by atoms with Crippen LogP contribution < -0.4 is 10.6 Å². The Morgan fingerprint density at radius 1 is 1.42 bits per heavy atom. The molecule has 2 heterocycles. The summed E-state index contributed by atoms with van der Waals surface area (Å²) in [7, 11) is 1.98. The maximum atomic E-state index is 4.68. The molecule has 0 aliphatic carbocycles. The highest BCUT2D eigenvalue weighted by molar-refractivity contribution is 14.0. The fraction of sp³-hybridized carbons (Fsp3) is 0.800. The molecule has 2 rings (SSSR count). The molecule has 0 radical (unpaired) electrons. The summed E-state index contributed by atoms with van der Waals surface area (Å²) >= 11 is 3.94. The van der Waals surface area contributed by atoms with E-state index >= 15 is 0 Å². The van der Waals surface area contributed by atoms with Gasteiger partial charge in [-0.3, -0.25) is 0 Å². The van der Waals surface area contributed by atoms with Crippen LogP contribution in [0.5, 0.6) is 0 Å². The van der Waals surface area contributed by atoms with E-state index in [0.717, 1.165) is 37.1 Å². The molecule has 0 bridgehead atoms. The first-order chi connectivity index (χ1) is 11.2. The summed E-state index contributed by atoms with van der Waals surface area (Å²) in [4.78, 5) is 4.68. The predicted octanol–water partition coefficient (Wildman–Crippen LogP) is 2.43. The lowest BCUT2D eigenvalue weighted by atomic mass is 10.2. The van der Waals surface area contributed by atoms with Crippen molar-refractivity contribution in [3.05, 3.63) is 11.6 Å². The minimum Gasteiger partial charge on any atom is -0.356 e. The zero-order valence-corrected chi connectivity index (χ0v) is 18.7. The summed E-state index contributed by atoms with van der Waals surface area (Å²) in [6.07, 6.45) is 5.92. The molecule has 1 saturated heterocycles. The van der Waals surface area contributed by atoms with E-state index in [1.54, 1.807) is 0 Å². The van der Waals surface area contributed by atoms with Crippen LogP contribution >= 0.6 is 47.5 Å². The van der Waals surface area contributed by atoms with E-state index in [-0.39, 0.29) is 24.0 Å². The molecule has 1 aliphatic heterocycles. The highest BCUT2D eigenvalue weighted by Gasteiger charge is 2.15. The average molecular weight is 484 g/mol. The number of rotatable bonds is 8. The molecule has 0 spiro atoms. The van der Waals surface area contributed by atoms with Crippen LogP contribution in [0.2, 0.25) is 0 Å². The topological polar surface area (TPSA) is 67.1 Å². The third-order valence-corrected chi connectivity index (χ3v) is 6.00. The summed E-state index contributed by atoms with van der Waals surface area (Å²) in [6.45, 7) is 4.43. The van der Waals surface area contributed by atoms with Gasteiger partial charge in [-0.1, -0.05) is 0 Å². The number of hydrogen-bond acceptors (Lipinski definition) is 5. The van der Waals surface area contributed by atoms with E-state index in [0.29, 0.717) is 11.8 Å². The Kier molecular flexibility index (Phi) is 11.2. The van der Waals surface area contributed by atoms with E-state index in [9.17, 15) is 0 Å². The van der Waals surface area contributed by atoms with Gasteiger partial charge in [-0.25, -0.2) is 4.99 Å². The number of halogens is 1. The Labute approximate surface area is 170 Å². The number of aryl methyl sites for hydroxylation is 1. The molecule has 0 saturated carbocycles. The lowest BCUT2D eigenvalue weighted by Gasteiger charge is -2.15. The van der Waals surface area contributed by atoms with Crippen molar-refractivity contribution >= 4 is 53.5 Å². The van der Waals surface area contributed by atoms with Gasteiger partial charge in [0.1, 0.15) is 12.4 Å². The number of thioether (sulfide) groups is 2. The van der Waals surface area contributed by atoms with Gasteiger partial charge in [0.2, 0.25) is 0 Å². The van der Waals surface area contributed by atoms with Crippen molar-refractivity contribution < 1.29 is 0 Å². The van der Waals surface area contributed by atoms with Gasteiger partial charge in [0.25, 0.3) is 0 Å². The van der Waals surface area contributed by atoms with Gasteiger partial charge in [-0.05, 0) is 43.9 Å². The van der Waals surface area contributed by atoms with E-state index < -0.39 is 0 Å². The van der Waals surface area contributed by atoms with E-state index in [1.165, 1.54) is 24.3 Å². The third kappa shape index (κ3) is 7.38. The van der Waals surface area contributed by atoms with Crippen molar-refractivity contribution in [1.82, 2.24) is 25.4 Å². The zero-order chi connectivity index (χ0) is 16.5. The molecular weight excluding hydrogens is 455 g/mol. The van der Waals surface area contributed by atoms with Crippen molar-refractivity contribution in [2.75, 3.05) is 30.9 Å². The smallest absolute Gasteiger partial charge is 0.191 e. The lowest BCUT2D eigenvalue weighted by molar-refractivity contribution is 0.711. The standard InChI is InChI=1S/C15H28N6S2.HI/c1-12-19-20-14(21(12)2)11-18-15(16-7-5-8-22-3)17-10-13-6-4-9-23-13;/h13H,4-11H2,1-3H3,(H2,16,17,18);1H. The van der Waals surface area contributed by atoms with Crippen molar-refractivity contribution in [3.63, 3.8) is 0 Å². The molecule has 0 aromatic carbocycles. The van der Waals surface area contributed by atoms with E-state index in [1.807, 2.05) is 30.3 Å². The summed E-state index contributed by atoms with van der Waals surface area (Å²) in [5, 5.41) is 15.9. The fourth-order valence-electron chi connectivity index (χ4n) is 2.35. The van der Waals surface area contributed by atoms with Gasteiger partial charge < -0.3 is 15.2 Å². The summed E-state index contributed by atoms with van der Waals surface area (Å²) in [5.41, 5.74) is 0. The van der Waals surface area contributed by atoms with Crippen LogP contribution in [0.25, 0.3) is 0 Å². The number of aromatic nitrogens is 3. The Morgan fingerprint density at radius 2 is 2.25 bits per heavy atom. The number of hydrogen-bond donors (Lipinski definition) is 2. The molecule has 1 aromatic heterocycles. The van der Waals surface area contributed by atoms with Crippen LogP contribution in [0.1, 0.15) is 30.9 Å². The number of aliphatic imine (C=N–C) groups is 1. The second-order valence-corrected chi connectivity index (χ2v) is 8.07. The maximum Gasteiger partial charge on any atom is 0.191 e. The Hall–Kier alpha value is -0.160. The Morgan fingerprint density at radius 3 is 2.88 bits per heavy atom. The fourth-order valence-corrected chi connectivity index (χ4v) is 3.99. The molecule has 6 nitrogen and oxygen atoms in total. The molecule has 1 unspecified atom stereocenters. The number of nitrogens with one attached hydrogen (secondary N) is 2. The van der Waals surface area contributed by atoms with E-state index in [2.05, 4.69) is 43.8 Å². The minimum absolute atomic E-state index is 0. The predicted molar refractivity (Wildman–Crippen MR) is 117 cm³/mol. The summed E-state index contributed by atoms with van der Waals surface area (Å²) < 4.78 is 1.99. The molecular formula is C15H29IN6S2. The van der Waals surface area contributed by atoms with Crippen molar-refractivity contribution in [1.29, 1.82) is 0 Å². The molecule has 1 aromatic rings. The molecule has 1 atom stereocenters. The van der Waals surface area contributed by atoms with Crippen molar-refractivity contribution in [2.24, 2.45) is 12.0 Å². The van der Waals surface area contributed by atoms with Crippen LogP contribution in [0.3, 0.4) is 0 Å². The van der Waals surface area contributed by atoms with Crippen molar-refractivity contribution in [3.8, 4) is 0 Å². The van der Waals surface area contributed by atoms with Crippen LogP contribution in [-0.2, 0) is 13.6 Å². The third-order valence-electron chi connectivity index (χ3n) is 3.90. The average Bonchev–Trinajstić information content (AvgIpc) is 3.18. The first-order valence-corrected chi connectivity index (χ1v) is 10.6. The lowest BCUT2D eigenvalue weighted by Crippen LogP contribution is -2.40. The second kappa shape index (κ2) is 12.2. The first kappa shape index (κ1) is 21.9. The summed E-state index contributed by atoms with van der Waals surface area (Å²) in [5.74, 6) is 5.15. The largest absolute Gasteiger partial charge is 0.356 e. The zero-order valence-electron chi connectivity index (χ0n) is 14.7. The van der Waals surface area contributed by atoms with Gasteiger partial charge in [-0.15, -0.1) is 34.2 Å². The van der Waals surface area contributed by atoms with Crippen LogP contribution in [0, 0.1) is 6.92 Å². The Bertz CT molecular complexity index is 502. The molecule has 2 N–H and O–H groups in total. The van der Waals surface area contributed by atoms with Crippen LogP contribution in [0.4, 0.5) is 0 Å². The minimum atomic E-state index is 0. The highest BCUT2D eigenvalue weighted by Crippen LogP contribution is 2.25. The number of nitrogens with zero attached hydrogens (tertiary/aromatic N) is 4. The van der Waals surface area contributed by atoms with Gasteiger partial charge in [0, 0.05) is 25.4 Å². The van der Waals surface area contributed by atoms with Gasteiger partial charge in [0.05, 0.1) is 0 Å². The monoisotopic (exact) mass is 484 g/mol. The molecule has 1 aliphatic rings. The second-order valence-electron chi connectivity index (χ2n) is 5.68. The SMILES string of the molecule is CSCCCNC(=NCc1nnc(C)n1C)NCC1CCCS1.I. The maximum absolute atomic E-state index is 4.68. The highest BCUT2D eigenvalue weighted by atomic mass is 127. The summed E-state index contributed by atoms with van der Waals surface area (Å²) in [6, 6.07) is 0. The molecule has 1 fully saturated rings. The molecule has 0 amide bonds. The molecule has 138 valence electrons. The van der Waals surface area contributed by atoms with E-state index in [4.69, 9.17) is 0 Å². The quantitative estimate of drug-likeness (QED) is 0.256. The van der Waals surface area contributed by atoms with Crippen LogP contribution in [-0.4, -0.2) is 56.8 Å². The van der Waals surface area contributed by atoms with Crippen LogP contribution in [0.15, 0.2) is 4.99 Å². The number of guanidine groups is 1. The first-order valence-electron chi connectivity index (χ1n) is 8.18. The van der Waals surface area contributed by atoms with Gasteiger partial charge in [0.15, 0.2) is 11.8 Å². The molecule has 9 heteroatoms. The van der Waals surface area contributed by atoms with Gasteiger partial charge >= 0.3 is 0 Å². The Balaban J connectivity index is 0.00000288. The molecule has 24 heavy (non-hydrogen) atoms. The van der Waals surface area contributed by atoms with Gasteiger partial charge in [-0.2, -0.15) is 23.5 Å².